The van der Waals surface area contributed by atoms with Gasteiger partial charge in [-0.2, -0.15) is 5.10 Å². The van der Waals surface area contributed by atoms with Crippen LogP contribution in [-0.2, 0) is 17.9 Å². The first kappa shape index (κ1) is 21.1. The Morgan fingerprint density at radius 2 is 2.03 bits per heavy atom. The predicted octanol–water partition coefficient (Wildman–Crippen LogP) is 3.70. The second-order valence-corrected chi connectivity index (χ2v) is 8.85. The van der Waals surface area contributed by atoms with Crippen LogP contribution in [0.3, 0.4) is 0 Å². The van der Waals surface area contributed by atoms with Crippen molar-refractivity contribution in [3.8, 4) is 0 Å². The molecule has 0 fully saturated rings. The van der Waals surface area contributed by atoms with E-state index in [0.717, 1.165) is 11.3 Å². The fourth-order valence-corrected chi connectivity index (χ4v) is 3.90. The van der Waals surface area contributed by atoms with Crippen molar-refractivity contribution in [3.05, 3.63) is 46.4 Å². The van der Waals surface area contributed by atoms with Gasteiger partial charge in [-0.05, 0) is 44.4 Å². The summed E-state index contributed by atoms with van der Waals surface area (Å²) in [5.74, 6) is 0.131. The third-order valence-corrected chi connectivity index (χ3v) is 5.54. The lowest BCUT2D eigenvalue weighted by atomic mass is 10.2. The molecule has 1 unspecified atom stereocenters. The maximum absolute atomic E-state index is 13.0. The molecule has 2 aromatic heterocycles. The van der Waals surface area contributed by atoms with Gasteiger partial charge in [-0.25, -0.2) is 4.98 Å². The third-order valence-electron chi connectivity index (χ3n) is 4.45. The Labute approximate surface area is 174 Å². The number of anilines is 1. The lowest BCUT2D eigenvalue weighted by molar-refractivity contribution is -0.115. The molecule has 3 aromatic rings. The summed E-state index contributed by atoms with van der Waals surface area (Å²) in [7, 11) is 0. The lowest BCUT2D eigenvalue weighted by Crippen LogP contribution is -2.28. The second-order valence-electron chi connectivity index (χ2n) is 7.54. The number of aromatic nitrogens is 4. The SMILES string of the molecule is CCn1cc2nc(SC(C)C(=O)Nc3cccc(C)c3)n(CC(C)C)c(=O)c2n1. The van der Waals surface area contributed by atoms with Crippen LogP contribution in [0.4, 0.5) is 5.69 Å². The molecule has 0 spiro atoms. The summed E-state index contributed by atoms with van der Waals surface area (Å²) < 4.78 is 3.35. The monoisotopic (exact) mass is 413 g/mol. The van der Waals surface area contributed by atoms with Crippen molar-refractivity contribution in [3.63, 3.8) is 0 Å². The van der Waals surface area contributed by atoms with E-state index >= 15 is 0 Å². The molecular formula is C21H27N5O2S. The minimum atomic E-state index is -0.417. The van der Waals surface area contributed by atoms with Gasteiger partial charge in [-0.1, -0.05) is 37.7 Å². The van der Waals surface area contributed by atoms with E-state index in [1.165, 1.54) is 11.8 Å². The molecule has 3 rings (SSSR count). The van der Waals surface area contributed by atoms with Crippen molar-refractivity contribution in [2.45, 2.75) is 58.1 Å². The van der Waals surface area contributed by atoms with Gasteiger partial charge in [0.1, 0.15) is 5.52 Å². The fraction of sp³-hybridized carbons (Fsp3) is 0.429. The highest BCUT2D eigenvalue weighted by atomic mass is 32.2. The number of aryl methyl sites for hydroxylation is 2. The van der Waals surface area contributed by atoms with Gasteiger partial charge < -0.3 is 5.32 Å². The topological polar surface area (TPSA) is 81.8 Å². The van der Waals surface area contributed by atoms with Crippen LogP contribution in [0.1, 0.15) is 33.3 Å². The van der Waals surface area contributed by atoms with E-state index in [1.807, 2.05) is 58.9 Å². The number of nitrogens with one attached hydrogen (secondary N) is 1. The van der Waals surface area contributed by atoms with Crippen molar-refractivity contribution >= 4 is 34.4 Å². The summed E-state index contributed by atoms with van der Waals surface area (Å²) in [5.41, 5.74) is 2.60. The maximum Gasteiger partial charge on any atom is 0.282 e. The zero-order valence-electron chi connectivity index (χ0n) is 17.5. The molecule has 0 saturated carbocycles. The quantitative estimate of drug-likeness (QED) is 0.472. The minimum Gasteiger partial charge on any atom is -0.325 e. The molecule has 0 bridgehead atoms. The summed E-state index contributed by atoms with van der Waals surface area (Å²) in [6.07, 6.45) is 1.78. The fourth-order valence-electron chi connectivity index (χ4n) is 2.98. The standard InChI is InChI=1S/C21H27N5O2S/c1-6-25-12-17-18(24-25)20(28)26(11-13(2)3)21(23-17)29-15(5)19(27)22-16-9-7-8-14(4)10-16/h7-10,12-13,15H,6,11H2,1-5H3,(H,22,27). The number of hydrogen-bond acceptors (Lipinski definition) is 5. The van der Waals surface area contributed by atoms with Gasteiger partial charge in [0.25, 0.3) is 5.56 Å². The number of carbonyl (C=O) groups is 1. The van der Waals surface area contributed by atoms with E-state index < -0.39 is 5.25 Å². The highest BCUT2D eigenvalue weighted by Crippen LogP contribution is 2.24. The molecule has 1 N–H and O–H groups in total. The summed E-state index contributed by atoms with van der Waals surface area (Å²) in [5, 5.41) is 7.41. The molecule has 0 saturated heterocycles. The van der Waals surface area contributed by atoms with Gasteiger partial charge in [0.15, 0.2) is 10.7 Å². The smallest absolute Gasteiger partial charge is 0.282 e. The Bertz CT molecular complexity index is 1090. The normalized spacial score (nSPS) is 12.5. The van der Waals surface area contributed by atoms with Crippen LogP contribution < -0.4 is 10.9 Å². The first-order valence-electron chi connectivity index (χ1n) is 9.80. The minimum absolute atomic E-state index is 0.129. The first-order chi connectivity index (χ1) is 13.8. The van der Waals surface area contributed by atoms with Gasteiger partial charge >= 0.3 is 0 Å². The summed E-state index contributed by atoms with van der Waals surface area (Å²) in [6, 6.07) is 7.67. The Morgan fingerprint density at radius 1 is 1.28 bits per heavy atom. The highest BCUT2D eigenvalue weighted by molar-refractivity contribution is 8.00. The van der Waals surface area contributed by atoms with Crippen molar-refractivity contribution < 1.29 is 4.79 Å². The molecule has 1 amide bonds. The Morgan fingerprint density at radius 3 is 2.69 bits per heavy atom. The van der Waals surface area contributed by atoms with Crippen LogP contribution in [0.15, 0.2) is 40.4 Å². The zero-order valence-corrected chi connectivity index (χ0v) is 18.3. The van der Waals surface area contributed by atoms with Gasteiger partial charge in [0.2, 0.25) is 5.91 Å². The lowest BCUT2D eigenvalue weighted by Gasteiger charge is -2.16. The number of fused-ring (bicyclic) bond motifs is 1. The summed E-state index contributed by atoms with van der Waals surface area (Å²) in [6.45, 7) is 11.0. The van der Waals surface area contributed by atoms with Crippen LogP contribution in [0, 0.1) is 12.8 Å². The molecule has 1 atom stereocenters. The molecular weight excluding hydrogens is 386 g/mol. The molecule has 29 heavy (non-hydrogen) atoms. The largest absolute Gasteiger partial charge is 0.325 e. The number of thioether (sulfide) groups is 1. The van der Waals surface area contributed by atoms with Gasteiger partial charge in [0.05, 0.1) is 11.4 Å². The van der Waals surface area contributed by atoms with E-state index in [2.05, 4.69) is 15.4 Å². The number of nitrogens with zero attached hydrogens (tertiary/aromatic N) is 4. The van der Waals surface area contributed by atoms with Crippen LogP contribution >= 0.6 is 11.8 Å². The van der Waals surface area contributed by atoms with Gasteiger partial charge in [-0.15, -0.1) is 0 Å². The maximum atomic E-state index is 13.0. The highest BCUT2D eigenvalue weighted by Gasteiger charge is 2.21. The average molecular weight is 414 g/mol. The Hall–Kier alpha value is -2.61. The van der Waals surface area contributed by atoms with E-state index in [1.54, 1.807) is 15.4 Å². The number of amides is 1. The Kier molecular flexibility index (Phi) is 6.42. The molecule has 2 heterocycles. The first-order valence-corrected chi connectivity index (χ1v) is 10.7. The molecule has 154 valence electrons. The number of carbonyl (C=O) groups excluding carboxylic acids is 1. The van der Waals surface area contributed by atoms with E-state index in [0.29, 0.717) is 29.3 Å². The van der Waals surface area contributed by atoms with Crippen LogP contribution in [0.5, 0.6) is 0 Å². The number of hydrogen-bond donors (Lipinski definition) is 1. The Balaban J connectivity index is 1.90. The van der Waals surface area contributed by atoms with Crippen molar-refractivity contribution in [2.24, 2.45) is 5.92 Å². The predicted molar refractivity (Wildman–Crippen MR) is 117 cm³/mol. The van der Waals surface area contributed by atoms with E-state index in [9.17, 15) is 9.59 Å². The molecule has 0 aliphatic heterocycles. The number of benzene rings is 1. The molecule has 0 radical (unpaired) electrons. The van der Waals surface area contributed by atoms with Crippen molar-refractivity contribution in [1.29, 1.82) is 0 Å². The van der Waals surface area contributed by atoms with E-state index in [4.69, 9.17) is 0 Å². The van der Waals surface area contributed by atoms with Crippen molar-refractivity contribution in [1.82, 2.24) is 19.3 Å². The zero-order chi connectivity index (χ0) is 21.1. The van der Waals surface area contributed by atoms with Crippen molar-refractivity contribution in [2.75, 3.05) is 5.32 Å². The summed E-state index contributed by atoms with van der Waals surface area (Å²) in [4.78, 5) is 30.4. The summed E-state index contributed by atoms with van der Waals surface area (Å²) >= 11 is 1.29. The van der Waals surface area contributed by atoms with Gasteiger partial charge in [-0.3, -0.25) is 18.8 Å². The molecule has 0 aliphatic carbocycles. The van der Waals surface area contributed by atoms with E-state index in [-0.39, 0.29) is 17.4 Å². The van der Waals surface area contributed by atoms with Crippen LogP contribution in [0.2, 0.25) is 0 Å². The third kappa shape index (κ3) is 4.87. The average Bonchev–Trinajstić information content (AvgIpc) is 3.08. The molecule has 0 aliphatic rings. The van der Waals surface area contributed by atoms with Gasteiger partial charge in [0, 0.05) is 18.8 Å². The second kappa shape index (κ2) is 8.82. The molecule has 1 aromatic carbocycles. The van der Waals surface area contributed by atoms with Crippen LogP contribution in [-0.4, -0.2) is 30.5 Å². The molecule has 8 heteroatoms. The number of rotatable bonds is 7. The molecule has 7 nitrogen and oxygen atoms in total. The van der Waals surface area contributed by atoms with Crippen LogP contribution in [0.25, 0.3) is 11.0 Å².